The van der Waals surface area contributed by atoms with E-state index in [4.69, 9.17) is 9.84 Å². The maximum atomic E-state index is 8.73. The van der Waals surface area contributed by atoms with Crippen LogP contribution in [0.3, 0.4) is 0 Å². The lowest BCUT2D eigenvalue weighted by molar-refractivity contribution is -0.0276. The van der Waals surface area contributed by atoms with E-state index in [2.05, 4.69) is 6.92 Å². The van der Waals surface area contributed by atoms with Crippen molar-refractivity contribution in [3.63, 3.8) is 0 Å². The fourth-order valence-electron chi connectivity index (χ4n) is 2.39. The summed E-state index contributed by atoms with van der Waals surface area (Å²) in [5, 5.41) is 8.73. The fourth-order valence-corrected chi connectivity index (χ4v) is 2.39. The van der Waals surface area contributed by atoms with Gasteiger partial charge in [-0.25, -0.2) is 0 Å². The molecule has 1 aliphatic carbocycles. The lowest BCUT2D eigenvalue weighted by Crippen LogP contribution is -2.28. The minimum Gasteiger partial charge on any atom is -0.394 e. The van der Waals surface area contributed by atoms with Crippen molar-refractivity contribution in [1.29, 1.82) is 0 Å². The average Bonchev–Trinajstić information content (AvgIpc) is 2.24. The zero-order valence-corrected chi connectivity index (χ0v) is 9.37. The van der Waals surface area contributed by atoms with Gasteiger partial charge in [0.1, 0.15) is 0 Å². The monoisotopic (exact) mass is 200 g/mol. The second-order valence-corrected chi connectivity index (χ2v) is 4.32. The van der Waals surface area contributed by atoms with Gasteiger partial charge in [-0.2, -0.15) is 0 Å². The normalized spacial score (nSPS) is 27.9. The van der Waals surface area contributed by atoms with Gasteiger partial charge in [-0.15, -0.1) is 0 Å². The summed E-state index contributed by atoms with van der Waals surface area (Å²) < 4.78 is 5.69. The van der Waals surface area contributed by atoms with Gasteiger partial charge in [-0.3, -0.25) is 0 Å². The molecule has 14 heavy (non-hydrogen) atoms. The second-order valence-electron chi connectivity index (χ2n) is 4.32. The van der Waals surface area contributed by atoms with Gasteiger partial charge in [0.05, 0.1) is 19.3 Å². The highest BCUT2D eigenvalue weighted by Gasteiger charge is 2.24. The molecule has 0 bridgehead atoms. The van der Waals surface area contributed by atoms with E-state index in [1.807, 2.05) is 0 Å². The Kier molecular flexibility index (Phi) is 6.20. The Balaban J connectivity index is 2.26. The van der Waals surface area contributed by atoms with Gasteiger partial charge in [-0.05, 0) is 25.2 Å². The van der Waals surface area contributed by atoms with Crippen LogP contribution in [0.4, 0.5) is 0 Å². The molecule has 0 amide bonds. The third-order valence-corrected chi connectivity index (χ3v) is 3.19. The maximum absolute atomic E-state index is 8.73. The first kappa shape index (κ1) is 12.0. The standard InChI is InChI=1S/C12H24O2/c1-2-3-6-11-7-4-5-8-12(11)14-10-9-13/h11-13H,2-10H2,1H3. The molecule has 0 aromatic heterocycles. The van der Waals surface area contributed by atoms with Crippen LogP contribution in [0.1, 0.15) is 51.9 Å². The zero-order valence-electron chi connectivity index (χ0n) is 9.37. The molecule has 1 fully saturated rings. The minimum atomic E-state index is 0.164. The van der Waals surface area contributed by atoms with Crippen LogP contribution < -0.4 is 0 Å². The number of rotatable bonds is 6. The Labute approximate surface area is 87.7 Å². The molecule has 1 aliphatic rings. The fraction of sp³-hybridized carbons (Fsp3) is 1.00. The Bertz CT molecular complexity index is 120. The second kappa shape index (κ2) is 7.24. The number of ether oxygens (including phenoxy) is 1. The highest BCUT2D eigenvalue weighted by molar-refractivity contribution is 4.75. The summed E-state index contributed by atoms with van der Waals surface area (Å²) in [4.78, 5) is 0. The topological polar surface area (TPSA) is 29.5 Å². The van der Waals surface area contributed by atoms with E-state index in [1.54, 1.807) is 0 Å². The lowest BCUT2D eigenvalue weighted by Gasteiger charge is -2.31. The van der Waals surface area contributed by atoms with E-state index in [0.717, 1.165) is 5.92 Å². The summed E-state index contributed by atoms with van der Waals surface area (Å²) in [6, 6.07) is 0. The number of unbranched alkanes of at least 4 members (excludes halogenated alkanes) is 1. The Morgan fingerprint density at radius 1 is 1.29 bits per heavy atom. The predicted octanol–water partition coefficient (Wildman–Crippen LogP) is 2.74. The maximum Gasteiger partial charge on any atom is 0.0701 e. The van der Waals surface area contributed by atoms with Crippen molar-refractivity contribution < 1.29 is 9.84 Å². The summed E-state index contributed by atoms with van der Waals surface area (Å²) >= 11 is 0. The van der Waals surface area contributed by atoms with Crippen LogP contribution in [-0.2, 0) is 4.74 Å². The van der Waals surface area contributed by atoms with Gasteiger partial charge in [0.25, 0.3) is 0 Å². The molecule has 1 rings (SSSR count). The molecule has 2 atom stereocenters. The number of hydrogen-bond acceptors (Lipinski definition) is 2. The van der Waals surface area contributed by atoms with Gasteiger partial charge in [-0.1, -0.05) is 32.6 Å². The third kappa shape index (κ3) is 3.97. The number of aliphatic hydroxyl groups excluding tert-OH is 1. The van der Waals surface area contributed by atoms with Crippen LogP contribution in [0, 0.1) is 5.92 Å². The van der Waals surface area contributed by atoms with Gasteiger partial charge < -0.3 is 9.84 Å². The van der Waals surface area contributed by atoms with Crippen LogP contribution in [-0.4, -0.2) is 24.4 Å². The molecule has 0 saturated heterocycles. The highest BCUT2D eigenvalue weighted by atomic mass is 16.5. The molecular weight excluding hydrogens is 176 g/mol. The Morgan fingerprint density at radius 3 is 2.79 bits per heavy atom. The molecule has 0 aliphatic heterocycles. The molecule has 1 saturated carbocycles. The van der Waals surface area contributed by atoms with E-state index in [9.17, 15) is 0 Å². The van der Waals surface area contributed by atoms with Gasteiger partial charge in [0.2, 0.25) is 0 Å². The molecule has 2 unspecified atom stereocenters. The van der Waals surface area contributed by atoms with Gasteiger partial charge in [0, 0.05) is 0 Å². The van der Waals surface area contributed by atoms with E-state index in [1.165, 1.54) is 44.9 Å². The van der Waals surface area contributed by atoms with Gasteiger partial charge in [0.15, 0.2) is 0 Å². The van der Waals surface area contributed by atoms with Crippen molar-refractivity contribution in [2.75, 3.05) is 13.2 Å². The molecule has 0 radical (unpaired) electrons. The van der Waals surface area contributed by atoms with Crippen LogP contribution in [0.15, 0.2) is 0 Å². The van der Waals surface area contributed by atoms with Crippen LogP contribution in [0.5, 0.6) is 0 Å². The van der Waals surface area contributed by atoms with Crippen molar-refractivity contribution in [2.45, 2.75) is 58.0 Å². The smallest absolute Gasteiger partial charge is 0.0701 e. The Morgan fingerprint density at radius 2 is 2.07 bits per heavy atom. The summed E-state index contributed by atoms with van der Waals surface area (Å²) in [6.07, 6.45) is 9.55. The quantitative estimate of drug-likeness (QED) is 0.714. The lowest BCUT2D eigenvalue weighted by atomic mass is 9.83. The molecular formula is C12H24O2. The number of aliphatic hydroxyl groups is 1. The zero-order chi connectivity index (χ0) is 10.2. The molecule has 2 heteroatoms. The summed E-state index contributed by atoms with van der Waals surface area (Å²) in [5.41, 5.74) is 0. The first-order chi connectivity index (χ1) is 6.88. The SMILES string of the molecule is CCCCC1CCCCC1OCCO. The summed E-state index contributed by atoms with van der Waals surface area (Å²) in [7, 11) is 0. The molecule has 2 nitrogen and oxygen atoms in total. The van der Waals surface area contributed by atoms with Crippen LogP contribution in [0.25, 0.3) is 0 Å². The molecule has 0 heterocycles. The number of hydrogen-bond donors (Lipinski definition) is 1. The molecule has 1 N–H and O–H groups in total. The van der Waals surface area contributed by atoms with E-state index in [0.29, 0.717) is 12.7 Å². The van der Waals surface area contributed by atoms with Gasteiger partial charge >= 0.3 is 0 Å². The largest absolute Gasteiger partial charge is 0.394 e. The van der Waals surface area contributed by atoms with E-state index >= 15 is 0 Å². The first-order valence-corrected chi connectivity index (χ1v) is 6.11. The van der Waals surface area contributed by atoms with E-state index in [-0.39, 0.29) is 6.61 Å². The van der Waals surface area contributed by atoms with Crippen LogP contribution in [0.2, 0.25) is 0 Å². The predicted molar refractivity (Wildman–Crippen MR) is 58.3 cm³/mol. The van der Waals surface area contributed by atoms with Crippen molar-refractivity contribution in [2.24, 2.45) is 5.92 Å². The summed E-state index contributed by atoms with van der Waals surface area (Å²) in [6.45, 7) is 2.93. The third-order valence-electron chi connectivity index (χ3n) is 3.19. The molecule has 0 aromatic rings. The highest BCUT2D eigenvalue weighted by Crippen LogP contribution is 2.30. The van der Waals surface area contributed by atoms with Crippen LogP contribution >= 0.6 is 0 Å². The van der Waals surface area contributed by atoms with Crippen molar-refractivity contribution in [3.05, 3.63) is 0 Å². The minimum absolute atomic E-state index is 0.164. The molecule has 0 aromatic carbocycles. The molecule has 84 valence electrons. The average molecular weight is 200 g/mol. The first-order valence-electron chi connectivity index (χ1n) is 6.11. The van der Waals surface area contributed by atoms with E-state index < -0.39 is 0 Å². The van der Waals surface area contributed by atoms with Crippen molar-refractivity contribution in [1.82, 2.24) is 0 Å². The Hall–Kier alpha value is -0.0800. The van der Waals surface area contributed by atoms with Crippen molar-refractivity contribution >= 4 is 0 Å². The van der Waals surface area contributed by atoms with Crippen molar-refractivity contribution in [3.8, 4) is 0 Å². The molecule has 0 spiro atoms. The summed E-state index contributed by atoms with van der Waals surface area (Å²) in [5.74, 6) is 0.759.